The highest BCUT2D eigenvalue weighted by Crippen LogP contribution is 2.25. The maximum Gasteiger partial charge on any atom is 0.240 e. The van der Waals surface area contributed by atoms with E-state index >= 15 is 0 Å². The van der Waals surface area contributed by atoms with Crippen molar-refractivity contribution in [3.05, 3.63) is 23.3 Å². The van der Waals surface area contributed by atoms with Gasteiger partial charge in [0.15, 0.2) is 0 Å². The standard InChI is InChI=1S/C18H30N2O3S/c1-14-7-5-9-20(13-14)10-6-8-19-24(21,22)18-12-15(2)17(23-4)11-16(18)3/h11-12,14,19H,5-10,13H2,1-4H3/t14-/m1/s1. The highest BCUT2D eigenvalue weighted by atomic mass is 32.2. The van der Waals surface area contributed by atoms with Gasteiger partial charge in [-0.2, -0.15) is 0 Å². The quantitative estimate of drug-likeness (QED) is 0.765. The number of hydrogen-bond acceptors (Lipinski definition) is 4. The average molecular weight is 355 g/mol. The van der Waals surface area contributed by atoms with Gasteiger partial charge in [0, 0.05) is 13.1 Å². The Hall–Kier alpha value is -1.11. The second kappa shape index (κ2) is 8.32. The molecule has 1 N–H and O–H groups in total. The lowest BCUT2D eigenvalue weighted by atomic mass is 10.0. The summed E-state index contributed by atoms with van der Waals surface area (Å²) in [5.74, 6) is 1.46. The molecule has 1 heterocycles. The summed E-state index contributed by atoms with van der Waals surface area (Å²) >= 11 is 0. The van der Waals surface area contributed by atoms with Gasteiger partial charge in [-0.25, -0.2) is 13.1 Å². The number of benzene rings is 1. The van der Waals surface area contributed by atoms with Gasteiger partial charge in [0.05, 0.1) is 12.0 Å². The second-order valence-corrected chi connectivity index (χ2v) is 8.62. The van der Waals surface area contributed by atoms with Gasteiger partial charge in [-0.15, -0.1) is 0 Å². The van der Waals surface area contributed by atoms with Gasteiger partial charge in [0.2, 0.25) is 10.0 Å². The minimum Gasteiger partial charge on any atom is -0.496 e. The predicted octanol–water partition coefficient (Wildman–Crippen LogP) is 2.71. The molecule has 0 unspecified atom stereocenters. The van der Waals surface area contributed by atoms with Crippen LogP contribution in [0.5, 0.6) is 5.75 Å². The Morgan fingerprint density at radius 2 is 2.04 bits per heavy atom. The van der Waals surface area contributed by atoms with Crippen molar-refractivity contribution in [1.82, 2.24) is 9.62 Å². The molecule has 136 valence electrons. The molecule has 0 spiro atoms. The highest BCUT2D eigenvalue weighted by molar-refractivity contribution is 7.89. The Balaban J connectivity index is 1.91. The number of nitrogens with one attached hydrogen (secondary N) is 1. The van der Waals surface area contributed by atoms with Crippen LogP contribution in [0.15, 0.2) is 17.0 Å². The SMILES string of the molecule is COc1cc(C)c(S(=O)(=O)NCCCN2CCC[C@@H](C)C2)cc1C. The summed E-state index contributed by atoms with van der Waals surface area (Å²) in [6.45, 7) is 9.62. The lowest BCUT2D eigenvalue weighted by Crippen LogP contribution is -2.36. The van der Waals surface area contributed by atoms with Crippen molar-refractivity contribution in [2.75, 3.05) is 33.3 Å². The number of piperidine rings is 1. The lowest BCUT2D eigenvalue weighted by molar-refractivity contribution is 0.182. The topological polar surface area (TPSA) is 58.6 Å². The molecule has 1 aromatic carbocycles. The molecular weight excluding hydrogens is 324 g/mol. The molecule has 6 heteroatoms. The molecule has 1 atom stereocenters. The summed E-state index contributed by atoms with van der Waals surface area (Å²) in [6.07, 6.45) is 3.39. The van der Waals surface area contributed by atoms with Crippen LogP contribution in [0, 0.1) is 19.8 Å². The number of ether oxygens (including phenoxy) is 1. The Bertz CT molecular complexity index is 658. The van der Waals surface area contributed by atoms with E-state index in [-0.39, 0.29) is 0 Å². The average Bonchev–Trinajstić information content (AvgIpc) is 2.53. The zero-order chi connectivity index (χ0) is 17.7. The van der Waals surface area contributed by atoms with Gasteiger partial charge in [0.25, 0.3) is 0 Å². The fourth-order valence-electron chi connectivity index (χ4n) is 3.35. The van der Waals surface area contributed by atoms with Crippen molar-refractivity contribution in [2.24, 2.45) is 5.92 Å². The Kier molecular flexibility index (Phi) is 6.66. The van der Waals surface area contributed by atoms with Crippen LogP contribution in [0.25, 0.3) is 0 Å². The van der Waals surface area contributed by atoms with Crippen LogP contribution in [-0.4, -0.2) is 46.6 Å². The zero-order valence-electron chi connectivity index (χ0n) is 15.3. The van der Waals surface area contributed by atoms with Gasteiger partial charge in [-0.1, -0.05) is 6.92 Å². The molecule has 0 aromatic heterocycles. The van der Waals surface area contributed by atoms with Crippen LogP contribution in [0.4, 0.5) is 0 Å². The van der Waals surface area contributed by atoms with Gasteiger partial charge < -0.3 is 9.64 Å². The van der Waals surface area contributed by atoms with Gasteiger partial charge >= 0.3 is 0 Å². The molecule has 1 aliphatic rings. The van der Waals surface area contributed by atoms with Crippen molar-refractivity contribution in [2.45, 2.75) is 44.9 Å². The van der Waals surface area contributed by atoms with Crippen LogP contribution in [0.1, 0.15) is 37.3 Å². The van der Waals surface area contributed by atoms with Crippen molar-refractivity contribution in [1.29, 1.82) is 0 Å². The summed E-state index contributed by atoms with van der Waals surface area (Å²) in [7, 11) is -1.88. The minimum absolute atomic E-state index is 0.340. The van der Waals surface area contributed by atoms with E-state index in [1.54, 1.807) is 26.2 Å². The Morgan fingerprint density at radius 1 is 1.29 bits per heavy atom. The largest absolute Gasteiger partial charge is 0.496 e. The zero-order valence-corrected chi connectivity index (χ0v) is 16.1. The molecule has 1 saturated heterocycles. The van der Waals surface area contributed by atoms with Gasteiger partial charge in [-0.3, -0.25) is 0 Å². The molecule has 0 saturated carbocycles. The smallest absolute Gasteiger partial charge is 0.240 e. The second-order valence-electron chi connectivity index (χ2n) is 6.89. The molecular formula is C18H30N2O3S. The van der Waals surface area contributed by atoms with Gasteiger partial charge in [-0.05, 0) is 75.4 Å². The van der Waals surface area contributed by atoms with E-state index in [0.29, 0.717) is 22.8 Å². The number of nitrogens with zero attached hydrogens (tertiary/aromatic N) is 1. The molecule has 1 aliphatic heterocycles. The van der Waals surface area contributed by atoms with Crippen LogP contribution >= 0.6 is 0 Å². The van der Waals surface area contributed by atoms with E-state index in [0.717, 1.165) is 37.5 Å². The summed E-state index contributed by atoms with van der Waals surface area (Å²) in [5.41, 5.74) is 1.53. The van der Waals surface area contributed by atoms with Crippen molar-refractivity contribution >= 4 is 10.0 Å². The van der Waals surface area contributed by atoms with E-state index in [2.05, 4.69) is 16.5 Å². The maximum absolute atomic E-state index is 12.5. The van der Waals surface area contributed by atoms with E-state index < -0.39 is 10.0 Å². The third-order valence-corrected chi connectivity index (χ3v) is 6.27. The number of sulfonamides is 1. The maximum atomic E-state index is 12.5. The number of hydrogen-bond donors (Lipinski definition) is 1. The van der Waals surface area contributed by atoms with Gasteiger partial charge in [0.1, 0.15) is 5.75 Å². The lowest BCUT2D eigenvalue weighted by Gasteiger charge is -2.30. The molecule has 0 bridgehead atoms. The molecule has 0 aliphatic carbocycles. The molecule has 24 heavy (non-hydrogen) atoms. The van der Waals surface area contributed by atoms with E-state index in [1.807, 2.05) is 6.92 Å². The van der Waals surface area contributed by atoms with E-state index in [4.69, 9.17) is 4.74 Å². The first-order valence-electron chi connectivity index (χ1n) is 8.70. The van der Waals surface area contributed by atoms with Crippen LogP contribution < -0.4 is 9.46 Å². The number of likely N-dealkylation sites (tertiary alicyclic amines) is 1. The third-order valence-electron chi connectivity index (χ3n) is 4.67. The molecule has 0 amide bonds. The first-order chi connectivity index (χ1) is 11.3. The van der Waals surface area contributed by atoms with Crippen LogP contribution in [0.3, 0.4) is 0 Å². The third kappa shape index (κ3) is 4.94. The molecule has 1 aromatic rings. The first-order valence-corrected chi connectivity index (χ1v) is 10.2. The van der Waals surface area contributed by atoms with Crippen molar-refractivity contribution < 1.29 is 13.2 Å². The first kappa shape index (κ1) is 19.2. The molecule has 5 nitrogen and oxygen atoms in total. The summed E-state index contributed by atoms with van der Waals surface area (Å²) in [5, 5.41) is 0. The monoisotopic (exact) mass is 354 g/mol. The predicted molar refractivity (Wildman–Crippen MR) is 97.1 cm³/mol. The fourth-order valence-corrected chi connectivity index (χ4v) is 4.73. The summed E-state index contributed by atoms with van der Waals surface area (Å²) < 4.78 is 33.1. The van der Waals surface area contributed by atoms with E-state index in [1.165, 1.54) is 12.8 Å². The summed E-state index contributed by atoms with van der Waals surface area (Å²) in [6, 6.07) is 3.46. The molecule has 0 radical (unpaired) electrons. The van der Waals surface area contributed by atoms with Crippen LogP contribution in [-0.2, 0) is 10.0 Å². The van der Waals surface area contributed by atoms with Crippen LogP contribution in [0.2, 0.25) is 0 Å². The normalized spacial score (nSPS) is 19.4. The Labute approximate surface area is 146 Å². The molecule has 1 fully saturated rings. The van der Waals surface area contributed by atoms with E-state index in [9.17, 15) is 8.42 Å². The van der Waals surface area contributed by atoms with Crippen molar-refractivity contribution in [3.8, 4) is 5.75 Å². The number of rotatable bonds is 7. The fraction of sp³-hybridized carbons (Fsp3) is 0.667. The Morgan fingerprint density at radius 3 is 2.71 bits per heavy atom. The number of aryl methyl sites for hydroxylation is 2. The molecule has 2 rings (SSSR count). The summed E-state index contributed by atoms with van der Waals surface area (Å²) in [4.78, 5) is 2.78. The number of methoxy groups -OCH3 is 1. The highest BCUT2D eigenvalue weighted by Gasteiger charge is 2.19. The van der Waals surface area contributed by atoms with Crippen molar-refractivity contribution in [3.63, 3.8) is 0 Å². The minimum atomic E-state index is -3.48.